The monoisotopic (exact) mass is 273 g/mol. The molecule has 1 fully saturated rings. The van der Waals surface area contributed by atoms with E-state index in [1.807, 2.05) is 0 Å². The molecule has 3 unspecified atom stereocenters. The second kappa shape index (κ2) is 8.12. The van der Waals surface area contributed by atoms with Crippen molar-refractivity contribution in [2.45, 2.75) is 51.2 Å². The van der Waals surface area contributed by atoms with E-state index >= 15 is 0 Å². The minimum Gasteiger partial charge on any atom is -0.480 e. The lowest BCUT2D eigenvalue weighted by Gasteiger charge is -2.32. The number of hydrogen-bond donors (Lipinski definition) is 2. The van der Waals surface area contributed by atoms with Crippen molar-refractivity contribution in [1.82, 2.24) is 0 Å². The molecule has 1 aliphatic rings. The highest BCUT2D eigenvalue weighted by molar-refractivity contribution is 5.70. The summed E-state index contributed by atoms with van der Waals surface area (Å²) in [5, 5.41) is 8.59. The second-order valence-corrected chi connectivity index (χ2v) is 4.93. The van der Waals surface area contributed by atoms with Gasteiger partial charge in [-0.1, -0.05) is 6.42 Å². The summed E-state index contributed by atoms with van der Waals surface area (Å²) in [6, 6.07) is -0.240. The van der Waals surface area contributed by atoms with Gasteiger partial charge in [0, 0.05) is 6.04 Å². The van der Waals surface area contributed by atoms with Crippen molar-refractivity contribution in [2.24, 2.45) is 11.7 Å². The largest absolute Gasteiger partial charge is 0.480 e. The summed E-state index contributed by atoms with van der Waals surface area (Å²) in [6.07, 6.45) is 3.62. The third-order valence-electron chi connectivity index (χ3n) is 3.42. The van der Waals surface area contributed by atoms with Gasteiger partial charge in [-0.25, -0.2) is 4.79 Å². The normalized spacial score (nSPS) is 24.7. The lowest BCUT2D eigenvalue weighted by atomic mass is 9.81. The molecule has 1 saturated carbocycles. The fraction of sp³-hybridized carbons (Fsp3) is 0.846. The van der Waals surface area contributed by atoms with Crippen molar-refractivity contribution in [3.63, 3.8) is 0 Å². The molecule has 110 valence electrons. The van der Waals surface area contributed by atoms with Crippen molar-refractivity contribution < 1.29 is 24.2 Å². The average molecular weight is 273 g/mol. The van der Waals surface area contributed by atoms with Crippen LogP contribution in [0.1, 0.15) is 39.0 Å². The Labute approximate surface area is 113 Å². The summed E-state index contributed by atoms with van der Waals surface area (Å²) in [6.45, 7) is 1.85. The Balaban J connectivity index is 2.36. The van der Waals surface area contributed by atoms with Gasteiger partial charge < -0.3 is 20.3 Å². The van der Waals surface area contributed by atoms with Crippen LogP contribution in [-0.2, 0) is 19.1 Å². The van der Waals surface area contributed by atoms with Gasteiger partial charge in [0.05, 0.1) is 19.1 Å². The van der Waals surface area contributed by atoms with Crippen LogP contribution >= 0.6 is 0 Å². The van der Waals surface area contributed by atoms with E-state index in [0.717, 1.165) is 19.3 Å². The Morgan fingerprint density at radius 2 is 2.16 bits per heavy atom. The Morgan fingerprint density at radius 3 is 2.79 bits per heavy atom. The van der Waals surface area contributed by atoms with Crippen LogP contribution in [0.4, 0.5) is 0 Å². The minimum absolute atomic E-state index is 0.0666. The highest BCUT2D eigenvalue weighted by atomic mass is 16.5. The molecule has 19 heavy (non-hydrogen) atoms. The lowest BCUT2D eigenvalue weighted by Crippen LogP contribution is -2.38. The van der Waals surface area contributed by atoms with E-state index in [4.69, 9.17) is 20.3 Å². The number of carboxylic acids is 1. The van der Waals surface area contributed by atoms with Crippen LogP contribution in [0.5, 0.6) is 0 Å². The number of aliphatic carboxylic acids is 1. The van der Waals surface area contributed by atoms with Gasteiger partial charge in [-0.05, 0) is 32.1 Å². The molecule has 0 aromatic rings. The first kappa shape index (κ1) is 15.9. The highest BCUT2D eigenvalue weighted by Crippen LogP contribution is 2.29. The molecule has 0 saturated heterocycles. The smallest absolute Gasteiger partial charge is 0.329 e. The van der Waals surface area contributed by atoms with Crippen LogP contribution in [0, 0.1) is 5.92 Å². The Hall–Kier alpha value is -1.14. The summed E-state index contributed by atoms with van der Waals surface area (Å²) < 4.78 is 10.2. The molecule has 0 aromatic heterocycles. The molecule has 1 rings (SSSR count). The molecule has 0 aliphatic heterocycles. The van der Waals surface area contributed by atoms with Gasteiger partial charge in [0.2, 0.25) is 0 Å². The number of rotatable bonds is 7. The Bertz CT molecular complexity index is 307. The second-order valence-electron chi connectivity index (χ2n) is 4.93. The number of esters is 1. The fourth-order valence-corrected chi connectivity index (χ4v) is 2.49. The van der Waals surface area contributed by atoms with Crippen LogP contribution in [0.25, 0.3) is 0 Å². The summed E-state index contributed by atoms with van der Waals surface area (Å²) in [5.41, 5.74) is 6.03. The number of carbonyl (C=O) groups is 2. The van der Waals surface area contributed by atoms with E-state index in [9.17, 15) is 9.59 Å². The average Bonchev–Trinajstić information content (AvgIpc) is 2.37. The number of carboxylic acid groups (broad SMARTS) is 1. The van der Waals surface area contributed by atoms with Crippen molar-refractivity contribution in [3.8, 4) is 0 Å². The van der Waals surface area contributed by atoms with Crippen LogP contribution in [0.15, 0.2) is 0 Å². The van der Waals surface area contributed by atoms with E-state index in [0.29, 0.717) is 13.0 Å². The Kier molecular flexibility index (Phi) is 6.80. The number of ether oxygens (including phenoxy) is 2. The first-order valence-corrected chi connectivity index (χ1v) is 6.77. The Morgan fingerprint density at radius 1 is 1.42 bits per heavy atom. The fourth-order valence-electron chi connectivity index (χ4n) is 2.49. The van der Waals surface area contributed by atoms with E-state index in [1.165, 1.54) is 0 Å². The molecule has 1 aliphatic carbocycles. The van der Waals surface area contributed by atoms with Gasteiger partial charge in [0.1, 0.15) is 6.61 Å². The molecule has 0 bridgehead atoms. The lowest BCUT2D eigenvalue weighted by molar-refractivity contribution is -0.145. The van der Waals surface area contributed by atoms with E-state index in [2.05, 4.69) is 0 Å². The van der Waals surface area contributed by atoms with Crippen LogP contribution in [0.2, 0.25) is 0 Å². The molecule has 6 heteroatoms. The zero-order valence-electron chi connectivity index (χ0n) is 11.3. The van der Waals surface area contributed by atoms with Gasteiger partial charge in [-0.15, -0.1) is 0 Å². The van der Waals surface area contributed by atoms with Gasteiger partial charge >= 0.3 is 11.9 Å². The van der Waals surface area contributed by atoms with E-state index in [1.54, 1.807) is 6.92 Å². The quantitative estimate of drug-likeness (QED) is 0.669. The van der Waals surface area contributed by atoms with Gasteiger partial charge in [0.25, 0.3) is 0 Å². The molecule has 3 atom stereocenters. The first-order valence-electron chi connectivity index (χ1n) is 6.77. The maximum absolute atomic E-state index is 11.4. The van der Waals surface area contributed by atoms with Gasteiger partial charge in [-0.2, -0.15) is 0 Å². The summed E-state index contributed by atoms with van der Waals surface area (Å²) in [7, 11) is 0. The van der Waals surface area contributed by atoms with Gasteiger partial charge in [-0.3, -0.25) is 4.79 Å². The third-order valence-corrected chi connectivity index (χ3v) is 3.42. The summed E-state index contributed by atoms with van der Waals surface area (Å²) in [5.74, 6) is -1.04. The number of nitrogens with two attached hydrogens (primary N) is 1. The molecule has 0 radical (unpaired) electrons. The number of hydrogen-bond acceptors (Lipinski definition) is 5. The van der Waals surface area contributed by atoms with E-state index in [-0.39, 0.29) is 37.1 Å². The van der Waals surface area contributed by atoms with Gasteiger partial charge in [0.15, 0.2) is 0 Å². The van der Waals surface area contributed by atoms with Crippen molar-refractivity contribution in [3.05, 3.63) is 0 Å². The molecule has 0 amide bonds. The summed E-state index contributed by atoms with van der Waals surface area (Å²) in [4.78, 5) is 21.8. The third kappa shape index (κ3) is 6.02. The molecule has 3 N–H and O–H groups in total. The van der Waals surface area contributed by atoms with E-state index < -0.39 is 5.97 Å². The maximum atomic E-state index is 11.4. The standard InChI is InChI=1S/C13H23NO5/c1-2-18-13(17)7-11(14)9-4-3-5-10(6-9)19-8-12(15)16/h9-11H,2-8,14H2,1H3,(H,15,16). The van der Waals surface area contributed by atoms with Crippen molar-refractivity contribution in [1.29, 1.82) is 0 Å². The van der Waals surface area contributed by atoms with Crippen LogP contribution in [-0.4, -0.2) is 42.4 Å². The predicted molar refractivity (Wildman–Crippen MR) is 68.6 cm³/mol. The molecular formula is C13H23NO5. The molecular weight excluding hydrogens is 250 g/mol. The van der Waals surface area contributed by atoms with Crippen LogP contribution < -0.4 is 5.73 Å². The predicted octanol–water partition coefficient (Wildman–Crippen LogP) is 0.927. The van der Waals surface area contributed by atoms with Crippen molar-refractivity contribution in [2.75, 3.05) is 13.2 Å². The maximum Gasteiger partial charge on any atom is 0.329 e. The van der Waals surface area contributed by atoms with Crippen LogP contribution in [0.3, 0.4) is 0 Å². The first-order chi connectivity index (χ1) is 9.02. The topological polar surface area (TPSA) is 98.9 Å². The zero-order valence-corrected chi connectivity index (χ0v) is 11.3. The molecule has 6 nitrogen and oxygen atoms in total. The molecule has 0 heterocycles. The summed E-state index contributed by atoms with van der Waals surface area (Å²) >= 11 is 0. The zero-order chi connectivity index (χ0) is 14.3. The highest BCUT2D eigenvalue weighted by Gasteiger charge is 2.28. The number of carbonyl (C=O) groups excluding carboxylic acids is 1. The minimum atomic E-state index is -0.960. The van der Waals surface area contributed by atoms with Crippen molar-refractivity contribution >= 4 is 11.9 Å². The SMILES string of the molecule is CCOC(=O)CC(N)C1CCCC(OCC(=O)O)C1. The molecule has 0 aromatic carbocycles. The molecule has 0 spiro atoms.